The van der Waals surface area contributed by atoms with Crippen LogP contribution in [0.5, 0.6) is 0 Å². The Morgan fingerprint density at radius 1 is 1.00 bits per heavy atom. The van der Waals surface area contributed by atoms with Crippen molar-refractivity contribution in [1.82, 2.24) is 0 Å². The minimum Gasteiger partial charge on any atom is -0.327 e. The smallest absolute Gasteiger partial charge is 0.126 e. The minimum absolute atomic E-state index is 0.0573. The van der Waals surface area contributed by atoms with Gasteiger partial charge in [0, 0.05) is 6.04 Å². The maximum atomic E-state index is 13.6. The van der Waals surface area contributed by atoms with E-state index in [1.807, 2.05) is 6.07 Å². The molecule has 0 saturated heterocycles. The van der Waals surface area contributed by atoms with Crippen molar-refractivity contribution in [3.63, 3.8) is 0 Å². The Labute approximate surface area is 114 Å². The van der Waals surface area contributed by atoms with Crippen LogP contribution in [0.3, 0.4) is 0 Å². The van der Waals surface area contributed by atoms with Crippen molar-refractivity contribution in [3.8, 4) is 0 Å². The molecule has 0 heterocycles. The van der Waals surface area contributed by atoms with E-state index in [4.69, 9.17) is 5.73 Å². The van der Waals surface area contributed by atoms with Crippen LogP contribution in [0.4, 0.5) is 4.39 Å². The van der Waals surface area contributed by atoms with Crippen LogP contribution in [-0.2, 0) is 12.8 Å². The van der Waals surface area contributed by atoms with E-state index in [0.717, 1.165) is 6.42 Å². The average molecular weight is 257 g/mol. The SMILES string of the molecule is Cc1cc(C)cc(CC(N)Cc2ccccc2F)c1. The maximum Gasteiger partial charge on any atom is 0.126 e. The molecular weight excluding hydrogens is 237 g/mol. The Morgan fingerprint density at radius 2 is 1.63 bits per heavy atom. The predicted octanol–water partition coefficient (Wildman–Crippen LogP) is 3.56. The van der Waals surface area contributed by atoms with Crippen molar-refractivity contribution in [3.05, 3.63) is 70.5 Å². The molecule has 0 fully saturated rings. The summed E-state index contributed by atoms with van der Waals surface area (Å²) in [5.74, 6) is -0.168. The van der Waals surface area contributed by atoms with E-state index in [-0.39, 0.29) is 11.9 Å². The number of aryl methyl sites for hydroxylation is 2. The standard InChI is InChI=1S/C17H20FN/c1-12-7-13(2)9-14(8-12)10-16(19)11-15-5-3-4-6-17(15)18/h3-9,16H,10-11,19H2,1-2H3. The molecule has 0 aliphatic carbocycles. The van der Waals surface area contributed by atoms with Crippen LogP contribution in [0.2, 0.25) is 0 Å². The second-order valence-corrected chi connectivity index (χ2v) is 5.26. The predicted molar refractivity (Wildman–Crippen MR) is 77.7 cm³/mol. The molecule has 0 aliphatic heterocycles. The van der Waals surface area contributed by atoms with Gasteiger partial charge in [-0.25, -0.2) is 4.39 Å². The Balaban J connectivity index is 2.05. The fourth-order valence-electron chi connectivity index (χ4n) is 2.51. The van der Waals surface area contributed by atoms with Gasteiger partial charge >= 0.3 is 0 Å². The molecule has 100 valence electrons. The highest BCUT2D eigenvalue weighted by Crippen LogP contribution is 2.14. The van der Waals surface area contributed by atoms with E-state index in [1.54, 1.807) is 12.1 Å². The molecule has 0 amide bonds. The van der Waals surface area contributed by atoms with Gasteiger partial charge in [0.2, 0.25) is 0 Å². The zero-order valence-electron chi connectivity index (χ0n) is 11.5. The first-order chi connectivity index (χ1) is 9.04. The van der Waals surface area contributed by atoms with Crippen molar-refractivity contribution in [2.24, 2.45) is 5.73 Å². The zero-order chi connectivity index (χ0) is 13.8. The number of halogens is 1. The van der Waals surface area contributed by atoms with E-state index < -0.39 is 0 Å². The molecular formula is C17H20FN. The monoisotopic (exact) mass is 257 g/mol. The van der Waals surface area contributed by atoms with E-state index in [0.29, 0.717) is 12.0 Å². The van der Waals surface area contributed by atoms with Crippen LogP contribution in [0, 0.1) is 19.7 Å². The lowest BCUT2D eigenvalue weighted by atomic mass is 9.97. The number of hydrogen-bond donors (Lipinski definition) is 1. The third-order valence-corrected chi connectivity index (χ3v) is 3.22. The Hall–Kier alpha value is -1.67. The van der Waals surface area contributed by atoms with Gasteiger partial charge in [0.25, 0.3) is 0 Å². The van der Waals surface area contributed by atoms with Gasteiger partial charge in [-0.3, -0.25) is 0 Å². The molecule has 1 nitrogen and oxygen atoms in total. The van der Waals surface area contributed by atoms with Crippen LogP contribution in [0.25, 0.3) is 0 Å². The van der Waals surface area contributed by atoms with Crippen molar-refractivity contribution in [1.29, 1.82) is 0 Å². The van der Waals surface area contributed by atoms with Crippen molar-refractivity contribution in [2.75, 3.05) is 0 Å². The van der Waals surface area contributed by atoms with Gasteiger partial charge < -0.3 is 5.73 Å². The average Bonchev–Trinajstić information content (AvgIpc) is 2.30. The molecule has 1 atom stereocenters. The normalized spacial score (nSPS) is 12.4. The molecule has 2 aromatic rings. The van der Waals surface area contributed by atoms with Gasteiger partial charge in [-0.15, -0.1) is 0 Å². The molecule has 0 spiro atoms. The van der Waals surface area contributed by atoms with Gasteiger partial charge in [-0.1, -0.05) is 47.5 Å². The highest BCUT2D eigenvalue weighted by molar-refractivity contribution is 5.29. The number of rotatable bonds is 4. The summed E-state index contributed by atoms with van der Waals surface area (Å²) in [7, 11) is 0. The molecule has 2 heteroatoms. The topological polar surface area (TPSA) is 26.0 Å². The molecule has 0 radical (unpaired) electrons. The van der Waals surface area contributed by atoms with Crippen LogP contribution >= 0.6 is 0 Å². The van der Waals surface area contributed by atoms with Crippen LogP contribution < -0.4 is 5.73 Å². The summed E-state index contributed by atoms with van der Waals surface area (Å²) in [6.07, 6.45) is 1.34. The van der Waals surface area contributed by atoms with Gasteiger partial charge in [0.1, 0.15) is 5.82 Å². The van der Waals surface area contributed by atoms with Crippen molar-refractivity contribution < 1.29 is 4.39 Å². The molecule has 2 rings (SSSR count). The van der Waals surface area contributed by atoms with Gasteiger partial charge in [-0.05, 0) is 43.9 Å². The maximum absolute atomic E-state index is 13.6. The number of hydrogen-bond acceptors (Lipinski definition) is 1. The second kappa shape index (κ2) is 5.98. The summed E-state index contributed by atoms with van der Waals surface area (Å²) in [6, 6.07) is 13.2. The van der Waals surface area contributed by atoms with E-state index in [2.05, 4.69) is 32.0 Å². The Bertz CT molecular complexity index is 543. The molecule has 2 aromatic carbocycles. The molecule has 1 unspecified atom stereocenters. The largest absolute Gasteiger partial charge is 0.327 e. The van der Waals surface area contributed by atoms with Gasteiger partial charge in [-0.2, -0.15) is 0 Å². The lowest BCUT2D eigenvalue weighted by Gasteiger charge is -2.13. The zero-order valence-corrected chi connectivity index (χ0v) is 11.5. The summed E-state index contributed by atoms with van der Waals surface area (Å²) in [6.45, 7) is 4.16. The lowest BCUT2D eigenvalue weighted by Crippen LogP contribution is -2.26. The Morgan fingerprint density at radius 3 is 2.26 bits per heavy atom. The third-order valence-electron chi connectivity index (χ3n) is 3.22. The lowest BCUT2D eigenvalue weighted by molar-refractivity contribution is 0.584. The van der Waals surface area contributed by atoms with E-state index in [9.17, 15) is 4.39 Å². The molecule has 0 aromatic heterocycles. The highest BCUT2D eigenvalue weighted by Gasteiger charge is 2.09. The quantitative estimate of drug-likeness (QED) is 0.890. The first-order valence-electron chi connectivity index (χ1n) is 6.61. The van der Waals surface area contributed by atoms with Crippen LogP contribution in [0.1, 0.15) is 22.3 Å². The summed E-state index contributed by atoms with van der Waals surface area (Å²) in [5, 5.41) is 0. The highest BCUT2D eigenvalue weighted by atomic mass is 19.1. The molecule has 19 heavy (non-hydrogen) atoms. The minimum atomic E-state index is -0.168. The molecule has 0 saturated carbocycles. The Kier molecular flexibility index (Phi) is 4.33. The fourth-order valence-corrected chi connectivity index (χ4v) is 2.51. The molecule has 2 N–H and O–H groups in total. The van der Waals surface area contributed by atoms with Crippen LogP contribution in [-0.4, -0.2) is 6.04 Å². The van der Waals surface area contributed by atoms with Crippen LogP contribution in [0.15, 0.2) is 42.5 Å². The third kappa shape index (κ3) is 3.90. The summed E-state index contributed by atoms with van der Waals surface area (Å²) in [4.78, 5) is 0. The van der Waals surface area contributed by atoms with E-state index in [1.165, 1.54) is 22.8 Å². The molecule has 0 bridgehead atoms. The summed E-state index contributed by atoms with van der Waals surface area (Å²) in [5.41, 5.74) is 10.5. The number of benzene rings is 2. The molecule has 0 aliphatic rings. The van der Waals surface area contributed by atoms with Gasteiger partial charge in [0.05, 0.1) is 0 Å². The van der Waals surface area contributed by atoms with E-state index >= 15 is 0 Å². The van der Waals surface area contributed by atoms with Crippen molar-refractivity contribution in [2.45, 2.75) is 32.7 Å². The second-order valence-electron chi connectivity index (χ2n) is 5.26. The first kappa shape index (κ1) is 13.8. The fraction of sp³-hybridized carbons (Fsp3) is 0.294. The number of nitrogens with two attached hydrogens (primary N) is 1. The van der Waals surface area contributed by atoms with Crippen molar-refractivity contribution >= 4 is 0 Å². The van der Waals surface area contributed by atoms with Gasteiger partial charge in [0.15, 0.2) is 0 Å². The summed E-state index contributed by atoms with van der Waals surface area (Å²) < 4.78 is 13.6. The first-order valence-corrected chi connectivity index (χ1v) is 6.61. The summed E-state index contributed by atoms with van der Waals surface area (Å²) >= 11 is 0.